The van der Waals surface area contributed by atoms with Crippen LogP contribution in [0, 0.1) is 11.8 Å². The fourth-order valence-electron chi connectivity index (χ4n) is 5.65. The second-order valence-corrected chi connectivity index (χ2v) is 11.0. The number of sulfonamides is 1. The van der Waals surface area contributed by atoms with Crippen molar-refractivity contribution in [2.24, 2.45) is 11.8 Å². The lowest BCUT2D eigenvalue weighted by Gasteiger charge is -2.27. The van der Waals surface area contributed by atoms with Gasteiger partial charge >= 0.3 is 0 Å². The van der Waals surface area contributed by atoms with Crippen LogP contribution in [0.15, 0.2) is 48.5 Å². The van der Waals surface area contributed by atoms with Gasteiger partial charge in [-0.25, -0.2) is 8.42 Å². The smallest absolute Gasteiger partial charge is 0.290 e. The molecule has 2 aromatic rings. The standard InChI is InChI=1S/C25H32N2O3S.CH2O2/c1-4-25(21-8-5-9-22(15-21)26-31(3,29)30)23-16-27(17-24(23)25)14-6-7-19-10-12-20(13-11-19)18(2)28;2-1-3/h5,8-13,15,23-24,26H,4,6-7,14,16-17H2,1-3H3;1H,(H,2,3). The predicted molar refractivity (Wildman–Crippen MR) is 134 cm³/mol. The number of carbonyl (C=O) groups excluding carboxylic acids is 1. The third-order valence-electron chi connectivity index (χ3n) is 7.20. The van der Waals surface area contributed by atoms with Gasteiger partial charge in [-0.05, 0) is 67.8 Å². The van der Waals surface area contributed by atoms with Gasteiger partial charge in [0.2, 0.25) is 10.0 Å². The SMILES string of the molecule is CCC1(c2cccc(NS(C)(=O)=O)c2)C2CN(CCCc3ccc(C(C)=O)cc3)CC21.O=CO. The molecular formula is C26H34N2O5S. The van der Waals surface area contributed by atoms with E-state index in [1.165, 1.54) is 17.4 Å². The number of piperidine rings is 1. The Morgan fingerprint density at radius 3 is 2.32 bits per heavy atom. The molecule has 1 saturated heterocycles. The average molecular weight is 487 g/mol. The Labute approximate surface area is 202 Å². The number of anilines is 1. The van der Waals surface area contributed by atoms with Crippen molar-refractivity contribution in [3.8, 4) is 0 Å². The number of likely N-dealkylation sites (tertiary alicyclic amines) is 1. The summed E-state index contributed by atoms with van der Waals surface area (Å²) in [5.74, 6) is 1.42. The van der Waals surface area contributed by atoms with Gasteiger partial charge in [0.1, 0.15) is 0 Å². The van der Waals surface area contributed by atoms with Gasteiger partial charge in [0.05, 0.1) is 6.26 Å². The van der Waals surface area contributed by atoms with Gasteiger partial charge in [0.15, 0.2) is 5.78 Å². The Hall–Kier alpha value is -2.71. The maximum atomic E-state index is 11.6. The molecule has 184 valence electrons. The summed E-state index contributed by atoms with van der Waals surface area (Å²) < 4.78 is 25.8. The van der Waals surface area contributed by atoms with Gasteiger partial charge in [-0.2, -0.15) is 0 Å². The Balaban J connectivity index is 0.00000103. The second kappa shape index (κ2) is 10.7. The molecule has 8 heteroatoms. The number of rotatable bonds is 9. The van der Waals surface area contributed by atoms with E-state index in [4.69, 9.17) is 9.90 Å². The van der Waals surface area contributed by atoms with Crippen LogP contribution >= 0.6 is 0 Å². The van der Waals surface area contributed by atoms with Crippen LogP contribution in [0.2, 0.25) is 0 Å². The van der Waals surface area contributed by atoms with Crippen molar-refractivity contribution >= 4 is 28.0 Å². The molecule has 1 saturated carbocycles. The molecule has 2 atom stereocenters. The van der Waals surface area contributed by atoms with Crippen LogP contribution in [-0.2, 0) is 26.7 Å². The largest absolute Gasteiger partial charge is 0.483 e. The van der Waals surface area contributed by atoms with Gasteiger partial charge in [-0.1, -0.05) is 43.3 Å². The molecule has 7 nitrogen and oxygen atoms in total. The van der Waals surface area contributed by atoms with Crippen molar-refractivity contribution < 1.29 is 23.1 Å². The average Bonchev–Trinajstić information content (AvgIpc) is 3.16. The van der Waals surface area contributed by atoms with E-state index in [-0.39, 0.29) is 17.7 Å². The highest BCUT2D eigenvalue weighted by Gasteiger charge is 2.67. The maximum absolute atomic E-state index is 11.6. The topological polar surface area (TPSA) is 104 Å². The molecule has 2 aliphatic rings. The van der Waals surface area contributed by atoms with E-state index in [1.54, 1.807) is 6.92 Å². The number of carboxylic acid groups (broad SMARTS) is 1. The predicted octanol–water partition coefficient (Wildman–Crippen LogP) is 3.80. The lowest BCUT2D eigenvalue weighted by atomic mass is 9.87. The van der Waals surface area contributed by atoms with Gasteiger partial charge < -0.3 is 10.0 Å². The summed E-state index contributed by atoms with van der Waals surface area (Å²) in [4.78, 5) is 22.3. The van der Waals surface area contributed by atoms with Gasteiger partial charge in [-0.15, -0.1) is 0 Å². The zero-order valence-electron chi connectivity index (χ0n) is 20.0. The first-order chi connectivity index (χ1) is 16.1. The fraction of sp³-hybridized carbons (Fsp3) is 0.462. The molecule has 2 unspecified atom stereocenters. The number of fused-ring (bicyclic) bond motifs is 1. The van der Waals surface area contributed by atoms with Crippen LogP contribution in [0.4, 0.5) is 5.69 Å². The molecule has 1 aliphatic heterocycles. The monoisotopic (exact) mass is 486 g/mol. The minimum Gasteiger partial charge on any atom is -0.483 e. The number of aryl methyl sites for hydroxylation is 1. The summed E-state index contributed by atoms with van der Waals surface area (Å²) >= 11 is 0. The summed E-state index contributed by atoms with van der Waals surface area (Å²) in [5, 5.41) is 6.89. The zero-order chi connectivity index (χ0) is 24.9. The molecule has 4 rings (SSSR count). The van der Waals surface area contributed by atoms with Crippen molar-refractivity contribution in [3.05, 3.63) is 65.2 Å². The van der Waals surface area contributed by atoms with Crippen LogP contribution in [0.3, 0.4) is 0 Å². The normalized spacial score (nSPS) is 23.4. The van der Waals surface area contributed by atoms with E-state index in [2.05, 4.69) is 34.7 Å². The van der Waals surface area contributed by atoms with Crippen molar-refractivity contribution in [1.82, 2.24) is 4.90 Å². The van der Waals surface area contributed by atoms with Crippen molar-refractivity contribution in [1.29, 1.82) is 0 Å². The minimum atomic E-state index is -3.27. The van der Waals surface area contributed by atoms with Crippen molar-refractivity contribution in [2.45, 2.75) is 38.5 Å². The molecule has 34 heavy (non-hydrogen) atoms. The Bertz CT molecular complexity index is 1100. The molecule has 0 aromatic heterocycles. The molecule has 0 spiro atoms. The van der Waals surface area contributed by atoms with E-state index in [9.17, 15) is 13.2 Å². The first kappa shape index (κ1) is 25.9. The quantitative estimate of drug-likeness (QED) is 0.413. The number of benzene rings is 2. The number of nitrogens with one attached hydrogen (secondary N) is 1. The van der Waals surface area contributed by atoms with Crippen LogP contribution in [0.1, 0.15) is 48.2 Å². The summed E-state index contributed by atoms with van der Waals surface area (Å²) in [6.45, 7) is 6.93. The van der Waals surface area contributed by atoms with E-state index < -0.39 is 10.0 Å². The van der Waals surface area contributed by atoms with Crippen LogP contribution in [0.25, 0.3) is 0 Å². The highest BCUT2D eigenvalue weighted by Crippen LogP contribution is 2.65. The van der Waals surface area contributed by atoms with Gasteiger partial charge in [0, 0.05) is 29.8 Å². The van der Waals surface area contributed by atoms with Crippen LogP contribution in [0.5, 0.6) is 0 Å². The fourth-order valence-corrected chi connectivity index (χ4v) is 6.21. The lowest BCUT2D eigenvalue weighted by molar-refractivity contribution is -0.122. The van der Waals surface area contributed by atoms with Crippen LogP contribution < -0.4 is 4.72 Å². The molecule has 1 aliphatic carbocycles. The third-order valence-corrected chi connectivity index (χ3v) is 7.80. The highest BCUT2D eigenvalue weighted by molar-refractivity contribution is 7.92. The molecule has 2 aromatic carbocycles. The van der Waals surface area contributed by atoms with Crippen LogP contribution in [-0.4, -0.2) is 56.6 Å². The van der Waals surface area contributed by atoms with E-state index in [1.807, 2.05) is 30.3 Å². The lowest BCUT2D eigenvalue weighted by Crippen LogP contribution is -2.31. The highest BCUT2D eigenvalue weighted by atomic mass is 32.2. The maximum Gasteiger partial charge on any atom is 0.290 e. The molecule has 0 amide bonds. The third kappa shape index (κ3) is 5.85. The van der Waals surface area contributed by atoms with Crippen molar-refractivity contribution in [3.63, 3.8) is 0 Å². The number of hydrogen-bond donors (Lipinski definition) is 2. The second-order valence-electron chi connectivity index (χ2n) is 9.28. The first-order valence-corrected chi connectivity index (χ1v) is 13.5. The molecule has 0 bridgehead atoms. The van der Waals surface area contributed by atoms with E-state index in [0.29, 0.717) is 17.5 Å². The summed E-state index contributed by atoms with van der Waals surface area (Å²) in [6, 6.07) is 15.9. The Morgan fingerprint density at radius 1 is 1.18 bits per heavy atom. The number of nitrogens with zero attached hydrogens (tertiary/aromatic N) is 1. The Kier molecular flexibility index (Phi) is 8.15. The summed E-state index contributed by atoms with van der Waals surface area (Å²) in [6.07, 6.45) is 4.42. The zero-order valence-corrected chi connectivity index (χ0v) is 20.8. The number of Topliss-reactive ketones (excluding diaryl/α,β-unsaturated/α-hetero) is 1. The molecular weight excluding hydrogens is 452 g/mol. The van der Waals surface area contributed by atoms with E-state index >= 15 is 0 Å². The van der Waals surface area contributed by atoms with Crippen molar-refractivity contribution in [2.75, 3.05) is 30.6 Å². The van der Waals surface area contributed by atoms with Gasteiger partial charge in [-0.3, -0.25) is 14.3 Å². The number of hydrogen-bond acceptors (Lipinski definition) is 5. The summed E-state index contributed by atoms with van der Waals surface area (Å²) in [5.41, 5.74) is 4.17. The minimum absolute atomic E-state index is 0.111. The molecule has 2 N–H and O–H groups in total. The first-order valence-electron chi connectivity index (χ1n) is 11.6. The number of ketones is 1. The molecule has 1 heterocycles. The van der Waals surface area contributed by atoms with Gasteiger partial charge in [0.25, 0.3) is 6.47 Å². The summed E-state index contributed by atoms with van der Waals surface area (Å²) in [7, 11) is -3.27. The van der Waals surface area contributed by atoms with E-state index in [0.717, 1.165) is 44.5 Å². The molecule has 0 radical (unpaired) electrons. The number of carbonyl (C=O) groups is 2. The Morgan fingerprint density at radius 2 is 1.79 bits per heavy atom. The molecule has 2 fully saturated rings.